The van der Waals surface area contributed by atoms with E-state index < -0.39 is 4.92 Å². The standard InChI is InChI=1S/C8H4N2O3S3/c11-7-5(16-8(14)9-7)3-4-1-2-6(15-4)10(12)13/h1-3H,(H,9,11,14)/b5-3-. The Bertz CT molecular complexity index is 520. The molecule has 0 atom stereocenters. The van der Waals surface area contributed by atoms with Crippen LogP contribution in [0.1, 0.15) is 4.88 Å². The highest BCUT2D eigenvalue weighted by Crippen LogP contribution is 2.30. The molecule has 0 spiro atoms. The molecule has 1 aromatic heterocycles. The average molecular weight is 272 g/mol. The molecule has 0 aliphatic carbocycles. The number of rotatable bonds is 2. The van der Waals surface area contributed by atoms with Crippen molar-refractivity contribution < 1.29 is 9.72 Å². The Balaban J connectivity index is 2.26. The van der Waals surface area contributed by atoms with Crippen molar-refractivity contribution in [3.05, 3.63) is 32.0 Å². The molecule has 0 radical (unpaired) electrons. The van der Waals surface area contributed by atoms with Gasteiger partial charge in [-0.25, -0.2) is 0 Å². The van der Waals surface area contributed by atoms with Crippen molar-refractivity contribution in [2.45, 2.75) is 0 Å². The molecular formula is C8H4N2O3S3. The van der Waals surface area contributed by atoms with E-state index in [1.54, 1.807) is 12.1 Å². The van der Waals surface area contributed by atoms with E-state index in [0.29, 0.717) is 14.1 Å². The molecule has 1 saturated heterocycles. The summed E-state index contributed by atoms with van der Waals surface area (Å²) in [4.78, 5) is 22.4. The fourth-order valence-corrected chi connectivity index (χ4v) is 2.94. The van der Waals surface area contributed by atoms with Crippen LogP contribution in [0.15, 0.2) is 17.0 Å². The maximum absolute atomic E-state index is 11.3. The molecule has 0 unspecified atom stereocenters. The molecule has 82 valence electrons. The molecule has 0 aromatic carbocycles. The summed E-state index contributed by atoms with van der Waals surface area (Å²) in [5.74, 6) is -0.258. The van der Waals surface area contributed by atoms with E-state index >= 15 is 0 Å². The minimum Gasteiger partial charge on any atom is -0.307 e. The molecule has 0 bridgehead atoms. The van der Waals surface area contributed by atoms with Crippen LogP contribution in [0.4, 0.5) is 5.00 Å². The number of thiophene rings is 1. The number of hydrogen-bond acceptors (Lipinski definition) is 6. The summed E-state index contributed by atoms with van der Waals surface area (Å²) < 4.78 is 0.405. The van der Waals surface area contributed by atoms with Crippen LogP contribution in [-0.2, 0) is 4.79 Å². The van der Waals surface area contributed by atoms with Crippen molar-refractivity contribution >= 4 is 56.6 Å². The van der Waals surface area contributed by atoms with E-state index in [4.69, 9.17) is 12.2 Å². The van der Waals surface area contributed by atoms with Crippen LogP contribution >= 0.6 is 35.3 Å². The third kappa shape index (κ3) is 2.29. The molecule has 1 aliphatic heterocycles. The lowest BCUT2D eigenvalue weighted by Crippen LogP contribution is -2.17. The fraction of sp³-hybridized carbons (Fsp3) is 0. The summed E-state index contributed by atoms with van der Waals surface area (Å²) in [6.07, 6.45) is 1.59. The smallest absolute Gasteiger partial charge is 0.307 e. The number of hydrogen-bond donors (Lipinski definition) is 1. The maximum Gasteiger partial charge on any atom is 0.324 e. The van der Waals surface area contributed by atoms with E-state index in [2.05, 4.69) is 5.32 Å². The predicted octanol–water partition coefficient (Wildman–Crippen LogP) is 2.15. The van der Waals surface area contributed by atoms with E-state index in [1.165, 1.54) is 6.07 Å². The second kappa shape index (κ2) is 4.32. The number of nitro groups is 1. The molecule has 1 fully saturated rings. The average Bonchev–Trinajstić information content (AvgIpc) is 2.75. The Morgan fingerprint density at radius 2 is 2.25 bits per heavy atom. The summed E-state index contributed by atoms with van der Waals surface area (Å²) >= 11 is 7.00. The molecule has 1 amide bonds. The topological polar surface area (TPSA) is 72.2 Å². The van der Waals surface area contributed by atoms with Crippen molar-refractivity contribution in [3.8, 4) is 0 Å². The highest BCUT2D eigenvalue weighted by Gasteiger charge is 2.22. The number of nitrogens with zero attached hydrogens (tertiary/aromatic N) is 1. The Labute approximate surface area is 104 Å². The van der Waals surface area contributed by atoms with Crippen molar-refractivity contribution in [1.82, 2.24) is 5.32 Å². The van der Waals surface area contributed by atoms with Gasteiger partial charge in [0, 0.05) is 10.9 Å². The molecule has 1 aliphatic rings. The van der Waals surface area contributed by atoms with Crippen LogP contribution in [0.5, 0.6) is 0 Å². The third-order valence-corrected chi connectivity index (χ3v) is 3.85. The Morgan fingerprint density at radius 3 is 2.75 bits per heavy atom. The molecule has 2 rings (SSSR count). The zero-order chi connectivity index (χ0) is 11.7. The summed E-state index contributed by atoms with van der Waals surface area (Å²) in [5, 5.41) is 13.0. The van der Waals surface area contributed by atoms with Crippen LogP contribution in [0.3, 0.4) is 0 Å². The lowest BCUT2D eigenvalue weighted by Gasteiger charge is -1.88. The molecule has 1 aromatic rings. The lowest BCUT2D eigenvalue weighted by molar-refractivity contribution is -0.380. The van der Waals surface area contributed by atoms with Gasteiger partial charge in [0.2, 0.25) is 0 Å². The minimum absolute atomic E-state index is 0.0535. The van der Waals surface area contributed by atoms with Gasteiger partial charge in [-0.2, -0.15) is 0 Å². The number of amides is 1. The van der Waals surface area contributed by atoms with Crippen LogP contribution in [0.25, 0.3) is 6.08 Å². The monoisotopic (exact) mass is 272 g/mol. The van der Waals surface area contributed by atoms with Crippen LogP contribution in [0, 0.1) is 10.1 Å². The normalized spacial score (nSPS) is 17.9. The molecule has 2 heterocycles. The largest absolute Gasteiger partial charge is 0.324 e. The minimum atomic E-state index is -0.459. The van der Waals surface area contributed by atoms with E-state index in [0.717, 1.165) is 23.1 Å². The fourth-order valence-electron chi connectivity index (χ4n) is 1.07. The van der Waals surface area contributed by atoms with Gasteiger partial charge in [0.05, 0.1) is 9.83 Å². The zero-order valence-electron chi connectivity index (χ0n) is 7.63. The highest BCUT2D eigenvalue weighted by atomic mass is 32.2. The van der Waals surface area contributed by atoms with Gasteiger partial charge in [-0.3, -0.25) is 14.9 Å². The summed E-state index contributed by atoms with van der Waals surface area (Å²) in [6, 6.07) is 3.01. The van der Waals surface area contributed by atoms with E-state index in [1.807, 2.05) is 0 Å². The Kier molecular flexibility index (Phi) is 3.03. The second-order valence-corrected chi connectivity index (χ2v) is 5.60. The van der Waals surface area contributed by atoms with Crippen LogP contribution < -0.4 is 5.32 Å². The highest BCUT2D eigenvalue weighted by molar-refractivity contribution is 8.26. The quantitative estimate of drug-likeness (QED) is 0.386. The Hall–Kier alpha value is -1.25. The van der Waals surface area contributed by atoms with Gasteiger partial charge in [0.1, 0.15) is 4.32 Å². The van der Waals surface area contributed by atoms with Gasteiger partial charge in [0.15, 0.2) is 0 Å². The SMILES string of the molecule is O=C1NC(=S)S/C1=C\c1ccc([N+](=O)[O-])s1. The Morgan fingerprint density at radius 1 is 1.50 bits per heavy atom. The number of thiocarbonyl (C=S) groups is 1. The van der Waals surface area contributed by atoms with Gasteiger partial charge in [-0.15, -0.1) is 0 Å². The molecule has 1 N–H and O–H groups in total. The maximum atomic E-state index is 11.3. The van der Waals surface area contributed by atoms with Crippen LogP contribution in [0.2, 0.25) is 0 Å². The number of thioether (sulfide) groups is 1. The van der Waals surface area contributed by atoms with Crippen molar-refractivity contribution in [2.75, 3.05) is 0 Å². The van der Waals surface area contributed by atoms with E-state index in [-0.39, 0.29) is 10.9 Å². The number of carbonyl (C=O) groups is 1. The van der Waals surface area contributed by atoms with Gasteiger partial charge in [0.25, 0.3) is 5.91 Å². The first-order valence-electron chi connectivity index (χ1n) is 4.05. The number of nitrogens with one attached hydrogen (secondary N) is 1. The lowest BCUT2D eigenvalue weighted by atomic mass is 10.4. The molecule has 0 saturated carbocycles. The van der Waals surface area contributed by atoms with Crippen molar-refractivity contribution in [2.24, 2.45) is 0 Å². The van der Waals surface area contributed by atoms with E-state index in [9.17, 15) is 14.9 Å². The van der Waals surface area contributed by atoms with Gasteiger partial charge < -0.3 is 5.32 Å². The second-order valence-electron chi connectivity index (χ2n) is 2.79. The van der Waals surface area contributed by atoms with Gasteiger partial charge in [-0.1, -0.05) is 35.3 Å². The summed E-state index contributed by atoms with van der Waals surface area (Å²) in [5.41, 5.74) is 0. The predicted molar refractivity (Wildman–Crippen MR) is 67.3 cm³/mol. The summed E-state index contributed by atoms with van der Waals surface area (Å²) in [6.45, 7) is 0. The van der Waals surface area contributed by atoms with Gasteiger partial charge >= 0.3 is 5.00 Å². The zero-order valence-corrected chi connectivity index (χ0v) is 10.1. The molecule has 5 nitrogen and oxygen atoms in total. The van der Waals surface area contributed by atoms with Gasteiger partial charge in [-0.05, 0) is 12.1 Å². The first-order valence-corrected chi connectivity index (χ1v) is 6.09. The van der Waals surface area contributed by atoms with Crippen LogP contribution in [-0.4, -0.2) is 15.2 Å². The molecule has 16 heavy (non-hydrogen) atoms. The molecular weight excluding hydrogens is 268 g/mol. The van der Waals surface area contributed by atoms with Crippen molar-refractivity contribution in [3.63, 3.8) is 0 Å². The third-order valence-electron chi connectivity index (χ3n) is 1.71. The molecule has 8 heteroatoms. The first-order chi connectivity index (χ1) is 7.56. The first kappa shape index (κ1) is 11.2. The number of carbonyl (C=O) groups excluding carboxylic acids is 1. The van der Waals surface area contributed by atoms with Crippen molar-refractivity contribution in [1.29, 1.82) is 0 Å². The summed E-state index contributed by atoms with van der Waals surface area (Å²) in [7, 11) is 0.